The molecule has 5 rings (SSSR count). The minimum Gasteiger partial charge on any atom is -0.463 e. The minimum atomic E-state index is -0.840. The van der Waals surface area contributed by atoms with E-state index in [-0.39, 0.29) is 36.4 Å². The van der Waals surface area contributed by atoms with Gasteiger partial charge < -0.3 is 24.6 Å². The number of likely N-dealkylation sites (tertiary alicyclic amines) is 2. The van der Waals surface area contributed by atoms with Gasteiger partial charge in [0.15, 0.2) is 6.10 Å². The number of carbonyl (C=O) groups is 3. The largest absolute Gasteiger partial charge is 0.463 e. The summed E-state index contributed by atoms with van der Waals surface area (Å²) < 4.78 is 10.6. The van der Waals surface area contributed by atoms with Crippen molar-refractivity contribution in [3.63, 3.8) is 0 Å². The van der Waals surface area contributed by atoms with Crippen LogP contribution in [0.25, 0.3) is 0 Å². The fraction of sp³-hybridized carbons (Fsp3) is 0.606. The lowest BCUT2D eigenvalue weighted by Crippen LogP contribution is -2.37. The molecule has 10 heteroatoms. The van der Waals surface area contributed by atoms with Crippen LogP contribution in [0.15, 0.2) is 30.3 Å². The molecule has 2 amide bonds. The number of rotatable bonds is 11. The molecule has 4 atom stereocenters. The first kappa shape index (κ1) is 30.9. The number of hydrogen-bond acceptors (Lipinski definition) is 8. The molecule has 3 fully saturated rings. The summed E-state index contributed by atoms with van der Waals surface area (Å²) in [6, 6.07) is 10.4. The molecule has 1 saturated carbocycles. The zero-order chi connectivity index (χ0) is 30.5. The summed E-state index contributed by atoms with van der Waals surface area (Å²) in [6.07, 6.45) is 4.31. The average molecular weight is 592 g/mol. The molecule has 2 saturated heterocycles. The van der Waals surface area contributed by atoms with Gasteiger partial charge in [-0.25, -0.2) is 4.79 Å². The van der Waals surface area contributed by atoms with E-state index in [9.17, 15) is 14.4 Å². The summed E-state index contributed by atoms with van der Waals surface area (Å²) in [5.41, 5.74) is 2.73. The summed E-state index contributed by atoms with van der Waals surface area (Å²) in [6.45, 7) is 11.3. The summed E-state index contributed by atoms with van der Waals surface area (Å²) in [7, 11) is 0. The molecule has 2 aromatic rings. The number of benzene rings is 1. The van der Waals surface area contributed by atoms with Crippen LogP contribution in [-0.2, 0) is 14.3 Å². The Kier molecular flexibility index (Phi) is 9.95. The monoisotopic (exact) mass is 591 g/mol. The number of hydrogen-bond donors (Lipinski definition) is 1. The van der Waals surface area contributed by atoms with Gasteiger partial charge >= 0.3 is 12.0 Å². The predicted octanol–water partition coefficient (Wildman–Crippen LogP) is 3.87. The number of nitrogens with zero attached hydrogens (tertiary/aromatic N) is 4. The number of aryl methyl sites for hydroxylation is 2. The van der Waals surface area contributed by atoms with Crippen molar-refractivity contribution < 1.29 is 23.9 Å². The van der Waals surface area contributed by atoms with E-state index in [2.05, 4.69) is 32.3 Å². The van der Waals surface area contributed by atoms with Gasteiger partial charge in [-0.1, -0.05) is 43.2 Å². The molecule has 0 spiro atoms. The number of esters is 1. The van der Waals surface area contributed by atoms with Crippen LogP contribution >= 0.6 is 0 Å². The molecule has 3 heterocycles. The van der Waals surface area contributed by atoms with Crippen molar-refractivity contribution in [1.82, 2.24) is 25.1 Å². The van der Waals surface area contributed by atoms with Crippen molar-refractivity contribution in [2.75, 3.05) is 39.3 Å². The lowest BCUT2D eigenvalue weighted by molar-refractivity contribution is -0.150. The Morgan fingerprint density at radius 2 is 1.60 bits per heavy atom. The maximum atomic E-state index is 13.6. The SMILES string of the molecule is CCOC(=O)[C@@H](C)Oc1nc(C)c(C(=O)N2CC3CN(CC[C@H](NC(=O)C4CCCC4)c4ccccc4)CC3C2)c(C)n1. The molecule has 2 unspecified atom stereocenters. The Labute approximate surface area is 254 Å². The van der Waals surface area contributed by atoms with Crippen molar-refractivity contribution in [1.29, 1.82) is 0 Å². The highest BCUT2D eigenvalue weighted by Gasteiger charge is 2.42. The summed E-state index contributed by atoms with van der Waals surface area (Å²) >= 11 is 0. The van der Waals surface area contributed by atoms with Crippen LogP contribution in [0.2, 0.25) is 0 Å². The van der Waals surface area contributed by atoms with Crippen molar-refractivity contribution >= 4 is 17.8 Å². The van der Waals surface area contributed by atoms with Crippen LogP contribution < -0.4 is 10.1 Å². The molecular formula is C33H45N5O5. The Morgan fingerprint density at radius 3 is 2.21 bits per heavy atom. The normalized spacial score (nSPS) is 21.8. The molecule has 10 nitrogen and oxygen atoms in total. The topological polar surface area (TPSA) is 114 Å². The van der Waals surface area contributed by atoms with Crippen LogP contribution in [-0.4, -0.2) is 83.0 Å². The summed E-state index contributed by atoms with van der Waals surface area (Å²) in [4.78, 5) is 51.7. The Balaban J connectivity index is 1.15. The summed E-state index contributed by atoms with van der Waals surface area (Å²) in [5, 5.41) is 3.36. The fourth-order valence-electron chi connectivity index (χ4n) is 6.91. The Bertz CT molecular complexity index is 1260. The lowest BCUT2D eigenvalue weighted by atomic mass is 10.0. The molecule has 1 aromatic carbocycles. The second kappa shape index (κ2) is 13.8. The van der Waals surface area contributed by atoms with Crippen LogP contribution in [0, 0.1) is 31.6 Å². The zero-order valence-electron chi connectivity index (χ0n) is 25.9. The van der Waals surface area contributed by atoms with E-state index < -0.39 is 12.1 Å². The van der Waals surface area contributed by atoms with Gasteiger partial charge in [0.1, 0.15) is 0 Å². The number of amides is 2. The first-order valence-corrected chi connectivity index (χ1v) is 15.8. The van der Waals surface area contributed by atoms with Crippen molar-refractivity contribution in [2.24, 2.45) is 17.8 Å². The molecule has 1 aliphatic carbocycles. The van der Waals surface area contributed by atoms with E-state index in [1.54, 1.807) is 27.7 Å². The van der Waals surface area contributed by atoms with E-state index in [1.807, 2.05) is 23.1 Å². The molecule has 2 aliphatic heterocycles. The third-order valence-corrected chi connectivity index (χ3v) is 9.19. The van der Waals surface area contributed by atoms with Crippen LogP contribution in [0.4, 0.5) is 0 Å². The number of nitrogens with one attached hydrogen (secondary N) is 1. The standard InChI is InChI=1S/C33H45N5O5/c1-5-42-32(41)23(4)43-33-34-21(2)29(22(3)35-33)31(40)38-19-26-17-37(18-27(26)20-38)16-15-28(24-11-7-6-8-12-24)36-30(39)25-13-9-10-14-25/h6-8,11-12,23,25-28H,5,9-10,13-20H2,1-4H3,(H,36,39)/t23-,26?,27?,28+/m1/s1. The predicted molar refractivity (Wildman–Crippen MR) is 161 cm³/mol. The molecule has 1 N–H and O–H groups in total. The maximum absolute atomic E-state index is 13.6. The van der Waals surface area contributed by atoms with E-state index >= 15 is 0 Å². The van der Waals surface area contributed by atoms with Crippen molar-refractivity contribution in [3.05, 3.63) is 52.8 Å². The third kappa shape index (κ3) is 7.34. The van der Waals surface area contributed by atoms with Gasteiger partial charge in [-0.2, -0.15) is 9.97 Å². The van der Waals surface area contributed by atoms with Gasteiger partial charge in [-0.05, 0) is 64.4 Å². The van der Waals surface area contributed by atoms with Gasteiger partial charge in [-0.15, -0.1) is 0 Å². The summed E-state index contributed by atoms with van der Waals surface area (Å²) in [5.74, 6) is 0.642. The van der Waals surface area contributed by atoms with Crippen LogP contribution in [0.1, 0.15) is 79.3 Å². The highest BCUT2D eigenvalue weighted by Crippen LogP contribution is 2.33. The fourth-order valence-corrected chi connectivity index (χ4v) is 6.91. The second-order valence-electron chi connectivity index (χ2n) is 12.3. The highest BCUT2D eigenvalue weighted by molar-refractivity contribution is 5.96. The zero-order valence-corrected chi connectivity index (χ0v) is 25.9. The van der Waals surface area contributed by atoms with E-state index in [0.29, 0.717) is 41.9 Å². The van der Waals surface area contributed by atoms with Crippen LogP contribution in [0.5, 0.6) is 6.01 Å². The van der Waals surface area contributed by atoms with Crippen molar-refractivity contribution in [2.45, 2.75) is 71.9 Å². The molecule has 0 radical (unpaired) electrons. The minimum absolute atomic E-state index is 0.00555. The van der Waals surface area contributed by atoms with Crippen molar-refractivity contribution in [3.8, 4) is 6.01 Å². The van der Waals surface area contributed by atoms with E-state index in [1.165, 1.54) is 0 Å². The molecule has 232 valence electrons. The average Bonchev–Trinajstić information content (AvgIpc) is 3.73. The number of ether oxygens (including phenoxy) is 2. The smallest absolute Gasteiger partial charge is 0.347 e. The lowest BCUT2D eigenvalue weighted by Gasteiger charge is -2.26. The molecular weight excluding hydrogens is 546 g/mol. The maximum Gasteiger partial charge on any atom is 0.347 e. The first-order chi connectivity index (χ1) is 20.7. The Hall–Kier alpha value is -3.53. The van der Waals surface area contributed by atoms with Gasteiger partial charge in [0.2, 0.25) is 5.91 Å². The van der Waals surface area contributed by atoms with Gasteiger partial charge in [0, 0.05) is 38.6 Å². The van der Waals surface area contributed by atoms with Gasteiger partial charge in [-0.3, -0.25) is 9.59 Å². The number of fused-ring (bicyclic) bond motifs is 1. The molecule has 3 aliphatic rings. The number of aromatic nitrogens is 2. The van der Waals surface area contributed by atoms with E-state index in [4.69, 9.17) is 9.47 Å². The van der Waals surface area contributed by atoms with Gasteiger partial charge in [0.25, 0.3) is 5.91 Å². The molecule has 43 heavy (non-hydrogen) atoms. The molecule has 1 aromatic heterocycles. The van der Waals surface area contributed by atoms with E-state index in [0.717, 1.165) is 57.3 Å². The van der Waals surface area contributed by atoms with Crippen LogP contribution in [0.3, 0.4) is 0 Å². The number of carbonyl (C=O) groups excluding carboxylic acids is 3. The Morgan fingerprint density at radius 1 is 0.977 bits per heavy atom. The third-order valence-electron chi connectivity index (χ3n) is 9.19. The highest BCUT2D eigenvalue weighted by atomic mass is 16.6. The quantitative estimate of drug-likeness (QED) is 0.392. The second-order valence-corrected chi connectivity index (χ2v) is 12.3. The molecule has 0 bridgehead atoms. The first-order valence-electron chi connectivity index (χ1n) is 15.8. The van der Waals surface area contributed by atoms with Gasteiger partial charge in [0.05, 0.1) is 29.6 Å².